The minimum atomic E-state index is -0.804. The molecule has 0 saturated heterocycles. The molecule has 1 aromatic carbocycles. The number of hydrogen-bond acceptors (Lipinski definition) is 2. The van der Waals surface area contributed by atoms with Gasteiger partial charge in [0, 0.05) is 6.04 Å². The van der Waals surface area contributed by atoms with Crippen LogP contribution in [-0.2, 0) is 6.42 Å². The van der Waals surface area contributed by atoms with Crippen LogP contribution in [0.25, 0.3) is 0 Å². The summed E-state index contributed by atoms with van der Waals surface area (Å²) < 4.78 is 25.9. The van der Waals surface area contributed by atoms with Crippen LogP contribution in [0.2, 0.25) is 0 Å². The first-order valence-electron chi connectivity index (χ1n) is 6.02. The number of benzene rings is 1. The Hall–Kier alpha value is -1.00. The molecule has 17 heavy (non-hydrogen) atoms. The Kier molecular flexibility index (Phi) is 3.74. The molecule has 2 unspecified atom stereocenters. The molecule has 1 saturated carbocycles. The summed E-state index contributed by atoms with van der Waals surface area (Å²) in [7, 11) is 0. The Bertz CT molecular complexity index is 391. The van der Waals surface area contributed by atoms with Crippen molar-refractivity contribution >= 4 is 0 Å². The highest BCUT2D eigenvalue weighted by Gasteiger charge is 2.32. The van der Waals surface area contributed by atoms with Gasteiger partial charge >= 0.3 is 0 Å². The standard InChI is InChI=1S/C13H18F2N2/c1-8(10-3-4-10)13(17-16)7-9-2-5-11(14)12(15)6-9/h2,5-6,8,10,13,17H,3-4,7,16H2,1H3. The van der Waals surface area contributed by atoms with Gasteiger partial charge in [-0.2, -0.15) is 0 Å². The van der Waals surface area contributed by atoms with Crippen molar-refractivity contribution in [1.82, 2.24) is 5.43 Å². The second-order valence-electron chi connectivity index (χ2n) is 4.92. The van der Waals surface area contributed by atoms with Crippen LogP contribution in [-0.4, -0.2) is 6.04 Å². The minimum absolute atomic E-state index is 0.118. The molecule has 0 spiro atoms. The Morgan fingerprint density at radius 3 is 2.59 bits per heavy atom. The Balaban J connectivity index is 2.04. The summed E-state index contributed by atoms with van der Waals surface area (Å²) in [5.41, 5.74) is 3.57. The molecule has 1 aromatic rings. The summed E-state index contributed by atoms with van der Waals surface area (Å²) in [6.07, 6.45) is 3.12. The van der Waals surface area contributed by atoms with Crippen molar-refractivity contribution in [2.75, 3.05) is 0 Å². The number of nitrogens with one attached hydrogen (secondary N) is 1. The second-order valence-corrected chi connectivity index (χ2v) is 4.92. The van der Waals surface area contributed by atoms with Gasteiger partial charge in [0.05, 0.1) is 0 Å². The van der Waals surface area contributed by atoms with E-state index in [9.17, 15) is 8.78 Å². The fraction of sp³-hybridized carbons (Fsp3) is 0.538. The molecule has 0 bridgehead atoms. The van der Waals surface area contributed by atoms with Gasteiger partial charge in [-0.3, -0.25) is 11.3 Å². The maximum atomic E-state index is 13.1. The number of halogens is 2. The van der Waals surface area contributed by atoms with Gasteiger partial charge in [0.15, 0.2) is 11.6 Å². The molecule has 2 nitrogen and oxygen atoms in total. The first kappa shape index (κ1) is 12.5. The maximum Gasteiger partial charge on any atom is 0.159 e. The lowest BCUT2D eigenvalue weighted by atomic mass is 9.91. The lowest BCUT2D eigenvalue weighted by molar-refractivity contribution is 0.343. The lowest BCUT2D eigenvalue weighted by Crippen LogP contribution is -2.42. The van der Waals surface area contributed by atoms with Crippen LogP contribution in [0.1, 0.15) is 25.3 Å². The summed E-state index contributed by atoms with van der Waals surface area (Å²) >= 11 is 0. The van der Waals surface area contributed by atoms with E-state index < -0.39 is 11.6 Å². The normalized spacial score (nSPS) is 19.1. The molecule has 1 aliphatic carbocycles. The average molecular weight is 240 g/mol. The fourth-order valence-corrected chi connectivity index (χ4v) is 2.27. The number of nitrogens with two attached hydrogens (primary N) is 1. The Labute approximate surface area is 100 Å². The van der Waals surface area contributed by atoms with Crippen molar-refractivity contribution in [3.63, 3.8) is 0 Å². The molecule has 3 N–H and O–H groups in total. The van der Waals surface area contributed by atoms with E-state index in [1.54, 1.807) is 6.07 Å². The molecular weight excluding hydrogens is 222 g/mol. The summed E-state index contributed by atoms with van der Waals surface area (Å²) in [5.74, 6) is 5.13. The summed E-state index contributed by atoms with van der Waals surface area (Å²) in [6, 6.07) is 4.15. The van der Waals surface area contributed by atoms with E-state index in [4.69, 9.17) is 5.84 Å². The van der Waals surface area contributed by atoms with Crippen LogP contribution in [0, 0.1) is 23.5 Å². The van der Waals surface area contributed by atoms with Crippen LogP contribution in [0.3, 0.4) is 0 Å². The number of hydrogen-bond donors (Lipinski definition) is 2. The quantitative estimate of drug-likeness (QED) is 0.612. The lowest BCUT2D eigenvalue weighted by Gasteiger charge is -2.23. The highest BCUT2D eigenvalue weighted by Crippen LogP contribution is 2.38. The summed E-state index contributed by atoms with van der Waals surface area (Å²) in [5, 5.41) is 0. The smallest absolute Gasteiger partial charge is 0.159 e. The van der Waals surface area contributed by atoms with Crippen molar-refractivity contribution in [1.29, 1.82) is 0 Å². The molecule has 2 rings (SSSR count). The SMILES string of the molecule is CC(C1CC1)C(Cc1ccc(F)c(F)c1)NN. The summed E-state index contributed by atoms with van der Waals surface area (Å²) in [6.45, 7) is 2.15. The molecule has 0 radical (unpaired) electrons. The van der Waals surface area contributed by atoms with E-state index in [-0.39, 0.29) is 6.04 Å². The third kappa shape index (κ3) is 3.01. The zero-order valence-electron chi connectivity index (χ0n) is 9.92. The largest absolute Gasteiger partial charge is 0.271 e. The molecule has 0 aromatic heterocycles. The van der Waals surface area contributed by atoms with Crippen molar-refractivity contribution in [3.05, 3.63) is 35.4 Å². The predicted octanol–water partition coefficient (Wildman–Crippen LogP) is 2.39. The predicted molar refractivity (Wildman–Crippen MR) is 63.1 cm³/mol. The van der Waals surface area contributed by atoms with E-state index in [0.29, 0.717) is 12.3 Å². The third-order valence-electron chi connectivity index (χ3n) is 3.65. The average Bonchev–Trinajstić information content (AvgIpc) is 3.13. The van der Waals surface area contributed by atoms with Crippen molar-refractivity contribution < 1.29 is 8.78 Å². The Morgan fingerprint density at radius 1 is 1.35 bits per heavy atom. The highest BCUT2D eigenvalue weighted by atomic mass is 19.2. The van der Waals surface area contributed by atoms with Crippen molar-refractivity contribution in [2.24, 2.45) is 17.7 Å². The topological polar surface area (TPSA) is 38.0 Å². The molecule has 2 atom stereocenters. The highest BCUT2D eigenvalue weighted by molar-refractivity contribution is 5.19. The van der Waals surface area contributed by atoms with Crippen LogP contribution < -0.4 is 11.3 Å². The van der Waals surface area contributed by atoms with Crippen LogP contribution in [0.15, 0.2) is 18.2 Å². The summed E-state index contributed by atoms with van der Waals surface area (Å²) in [4.78, 5) is 0. The zero-order valence-corrected chi connectivity index (χ0v) is 9.92. The molecule has 1 fully saturated rings. The van der Waals surface area contributed by atoms with E-state index in [1.165, 1.54) is 25.0 Å². The fourth-order valence-electron chi connectivity index (χ4n) is 2.27. The monoisotopic (exact) mass is 240 g/mol. The Morgan fingerprint density at radius 2 is 2.06 bits per heavy atom. The van der Waals surface area contributed by atoms with Gasteiger partial charge in [0.25, 0.3) is 0 Å². The van der Waals surface area contributed by atoms with Gasteiger partial charge in [-0.15, -0.1) is 0 Å². The van der Waals surface area contributed by atoms with Crippen LogP contribution in [0.4, 0.5) is 8.78 Å². The van der Waals surface area contributed by atoms with Crippen LogP contribution in [0.5, 0.6) is 0 Å². The molecular formula is C13H18F2N2. The number of hydrazine groups is 1. The van der Waals surface area contributed by atoms with Gasteiger partial charge in [-0.1, -0.05) is 13.0 Å². The van der Waals surface area contributed by atoms with Gasteiger partial charge in [0.1, 0.15) is 0 Å². The molecule has 0 amide bonds. The molecule has 94 valence electrons. The molecule has 4 heteroatoms. The van der Waals surface area contributed by atoms with Crippen molar-refractivity contribution in [2.45, 2.75) is 32.2 Å². The first-order chi connectivity index (χ1) is 8.11. The van der Waals surface area contributed by atoms with Gasteiger partial charge in [-0.25, -0.2) is 8.78 Å². The third-order valence-corrected chi connectivity index (χ3v) is 3.65. The first-order valence-corrected chi connectivity index (χ1v) is 6.02. The van der Waals surface area contributed by atoms with E-state index in [1.807, 2.05) is 0 Å². The minimum Gasteiger partial charge on any atom is -0.271 e. The van der Waals surface area contributed by atoms with Gasteiger partial charge in [0.2, 0.25) is 0 Å². The van der Waals surface area contributed by atoms with Crippen molar-refractivity contribution in [3.8, 4) is 0 Å². The van der Waals surface area contributed by atoms with E-state index in [2.05, 4.69) is 12.3 Å². The second kappa shape index (κ2) is 5.10. The molecule has 0 aliphatic heterocycles. The van der Waals surface area contributed by atoms with Gasteiger partial charge in [-0.05, 0) is 48.8 Å². The van der Waals surface area contributed by atoms with E-state index >= 15 is 0 Å². The maximum absolute atomic E-state index is 13.1. The molecule has 0 heterocycles. The van der Waals surface area contributed by atoms with Gasteiger partial charge < -0.3 is 0 Å². The zero-order chi connectivity index (χ0) is 12.4. The molecule has 1 aliphatic rings. The number of rotatable bonds is 5. The van der Waals surface area contributed by atoms with E-state index in [0.717, 1.165) is 11.5 Å². The van der Waals surface area contributed by atoms with Crippen LogP contribution >= 0.6 is 0 Å².